The van der Waals surface area contributed by atoms with E-state index in [0.29, 0.717) is 5.02 Å². The number of ether oxygens (including phenoxy) is 1. The van der Waals surface area contributed by atoms with Crippen molar-refractivity contribution in [3.63, 3.8) is 0 Å². The first kappa shape index (κ1) is 18.2. The van der Waals surface area contributed by atoms with Gasteiger partial charge < -0.3 is 9.64 Å². The van der Waals surface area contributed by atoms with Gasteiger partial charge >= 0.3 is 5.97 Å². The molecular weight excluding hydrogens is 382 g/mol. The molecule has 2 aromatic carbocycles. The van der Waals surface area contributed by atoms with E-state index in [1.807, 2.05) is 42.5 Å². The number of hydrogen-bond donors (Lipinski definition) is 0. The summed E-state index contributed by atoms with van der Waals surface area (Å²) in [4.78, 5) is 21.6. The zero-order valence-electron chi connectivity index (χ0n) is 15.0. The number of piperazine rings is 1. The van der Waals surface area contributed by atoms with Gasteiger partial charge in [-0.05, 0) is 23.8 Å². The molecule has 1 fully saturated rings. The molecule has 1 aromatic heterocycles. The number of fused-ring (bicyclic) bond motifs is 1. The Morgan fingerprint density at radius 2 is 1.81 bits per heavy atom. The number of rotatable bonds is 4. The molecule has 1 saturated heterocycles. The molecule has 0 amide bonds. The van der Waals surface area contributed by atoms with Gasteiger partial charge in [-0.3, -0.25) is 4.90 Å². The SMILES string of the molecule is COC(=O)[C@@H](c1ccccc1Cl)N1CCN(c2nc3ccccc3s2)CC1. The minimum absolute atomic E-state index is 0.281. The van der Waals surface area contributed by atoms with Crippen molar-refractivity contribution in [2.75, 3.05) is 38.2 Å². The number of nitrogens with zero attached hydrogens (tertiary/aromatic N) is 3. The number of esters is 1. The van der Waals surface area contributed by atoms with Crippen molar-refractivity contribution in [3.05, 3.63) is 59.1 Å². The van der Waals surface area contributed by atoms with Gasteiger partial charge in [-0.25, -0.2) is 9.78 Å². The van der Waals surface area contributed by atoms with Crippen LogP contribution in [0.15, 0.2) is 48.5 Å². The second kappa shape index (κ2) is 7.84. The maximum Gasteiger partial charge on any atom is 0.327 e. The molecule has 0 spiro atoms. The summed E-state index contributed by atoms with van der Waals surface area (Å²) in [6.07, 6.45) is 0. The van der Waals surface area contributed by atoms with Crippen LogP contribution in [0.25, 0.3) is 10.2 Å². The Morgan fingerprint density at radius 1 is 1.11 bits per heavy atom. The van der Waals surface area contributed by atoms with Gasteiger partial charge in [0.25, 0.3) is 0 Å². The summed E-state index contributed by atoms with van der Waals surface area (Å²) in [5.74, 6) is -0.281. The predicted molar refractivity (Wildman–Crippen MR) is 110 cm³/mol. The van der Waals surface area contributed by atoms with Crippen LogP contribution in [0.1, 0.15) is 11.6 Å². The summed E-state index contributed by atoms with van der Waals surface area (Å²) in [6, 6.07) is 15.2. The molecule has 0 saturated carbocycles. The monoisotopic (exact) mass is 401 g/mol. The molecule has 27 heavy (non-hydrogen) atoms. The topological polar surface area (TPSA) is 45.7 Å². The molecular formula is C20H20ClN3O2S. The average Bonchev–Trinajstić information content (AvgIpc) is 3.14. The van der Waals surface area contributed by atoms with Crippen LogP contribution in [0, 0.1) is 0 Å². The fraction of sp³-hybridized carbons (Fsp3) is 0.300. The molecule has 2 heterocycles. The minimum Gasteiger partial charge on any atom is -0.468 e. The summed E-state index contributed by atoms with van der Waals surface area (Å²) >= 11 is 8.06. The average molecular weight is 402 g/mol. The van der Waals surface area contributed by atoms with E-state index in [-0.39, 0.29) is 5.97 Å². The number of halogens is 1. The van der Waals surface area contributed by atoms with Gasteiger partial charge in [0.15, 0.2) is 5.13 Å². The smallest absolute Gasteiger partial charge is 0.327 e. The van der Waals surface area contributed by atoms with Gasteiger partial charge in [-0.15, -0.1) is 0 Å². The first-order valence-corrected chi connectivity index (χ1v) is 10.0. The maximum atomic E-state index is 12.5. The lowest BCUT2D eigenvalue weighted by Crippen LogP contribution is -2.49. The Morgan fingerprint density at radius 3 is 2.52 bits per heavy atom. The van der Waals surface area contributed by atoms with E-state index in [2.05, 4.69) is 15.9 Å². The summed E-state index contributed by atoms with van der Waals surface area (Å²) < 4.78 is 6.26. The molecule has 7 heteroatoms. The summed E-state index contributed by atoms with van der Waals surface area (Å²) in [7, 11) is 1.42. The summed E-state index contributed by atoms with van der Waals surface area (Å²) in [5.41, 5.74) is 1.82. The van der Waals surface area contributed by atoms with E-state index >= 15 is 0 Å². The van der Waals surface area contributed by atoms with Crippen LogP contribution in [0.5, 0.6) is 0 Å². The zero-order valence-corrected chi connectivity index (χ0v) is 16.5. The highest BCUT2D eigenvalue weighted by Gasteiger charge is 2.33. The van der Waals surface area contributed by atoms with Crippen molar-refractivity contribution in [3.8, 4) is 0 Å². The standard InChI is InChI=1S/C20H20ClN3O2S/c1-26-19(25)18(14-6-2-3-7-15(14)21)23-10-12-24(13-11-23)20-22-16-8-4-5-9-17(16)27-20/h2-9,18H,10-13H2,1H3/t18-/m1/s1. The number of carbonyl (C=O) groups is 1. The van der Waals surface area contributed by atoms with Crippen molar-refractivity contribution in [2.45, 2.75) is 6.04 Å². The molecule has 0 N–H and O–H groups in total. The number of para-hydroxylation sites is 1. The summed E-state index contributed by atoms with van der Waals surface area (Å²) in [6.45, 7) is 3.08. The number of hydrogen-bond acceptors (Lipinski definition) is 6. The third-order valence-corrected chi connectivity index (χ3v) is 6.30. The Hall–Kier alpha value is -2.15. The Bertz CT molecular complexity index is 920. The Balaban J connectivity index is 1.52. The van der Waals surface area contributed by atoms with E-state index in [4.69, 9.17) is 21.3 Å². The third kappa shape index (κ3) is 3.65. The highest BCUT2D eigenvalue weighted by atomic mass is 35.5. The van der Waals surface area contributed by atoms with Crippen LogP contribution in [0.2, 0.25) is 5.02 Å². The number of methoxy groups -OCH3 is 1. The fourth-order valence-electron chi connectivity index (χ4n) is 3.45. The third-order valence-electron chi connectivity index (χ3n) is 4.86. The largest absolute Gasteiger partial charge is 0.468 e. The highest BCUT2D eigenvalue weighted by Crippen LogP contribution is 2.32. The first-order chi connectivity index (χ1) is 13.2. The molecule has 140 valence electrons. The zero-order chi connectivity index (χ0) is 18.8. The van der Waals surface area contributed by atoms with Gasteiger partial charge in [-0.2, -0.15) is 0 Å². The van der Waals surface area contributed by atoms with Crippen LogP contribution < -0.4 is 4.90 Å². The number of thiazole rings is 1. The second-order valence-corrected chi connectivity index (χ2v) is 7.85. The molecule has 0 bridgehead atoms. The van der Waals surface area contributed by atoms with Crippen molar-refractivity contribution in [2.24, 2.45) is 0 Å². The quantitative estimate of drug-likeness (QED) is 0.618. The molecule has 5 nitrogen and oxygen atoms in total. The number of aromatic nitrogens is 1. The van der Waals surface area contributed by atoms with Crippen LogP contribution >= 0.6 is 22.9 Å². The van der Waals surface area contributed by atoms with Crippen molar-refractivity contribution < 1.29 is 9.53 Å². The fourth-order valence-corrected chi connectivity index (χ4v) is 4.70. The van der Waals surface area contributed by atoms with Crippen LogP contribution in [0.4, 0.5) is 5.13 Å². The lowest BCUT2D eigenvalue weighted by Gasteiger charge is -2.38. The highest BCUT2D eigenvalue weighted by molar-refractivity contribution is 7.22. The molecule has 1 aliphatic rings. The predicted octanol–water partition coefficient (Wildman–Crippen LogP) is 3.99. The minimum atomic E-state index is -0.485. The van der Waals surface area contributed by atoms with Crippen LogP contribution in [0.3, 0.4) is 0 Å². The molecule has 0 unspecified atom stereocenters. The number of carbonyl (C=O) groups excluding carboxylic acids is 1. The lowest BCUT2D eigenvalue weighted by molar-refractivity contribution is -0.147. The molecule has 1 atom stereocenters. The molecule has 1 aliphatic heterocycles. The van der Waals surface area contributed by atoms with Gasteiger partial charge in [0.2, 0.25) is 0 Å². The Kier molecular flexibility index (Phi) is 5.29. The molecule has 0 aliphatic carbocycles. The van der Waals surface area contributed by atoms with Crippen LogP contribution in [-0.4, -0.2) is 49.1 Å². The Labute approximate surface area is 167 Å². The van der Waals surface area contributed by atoms with Gasteiger partial charge in [0.05, 0.1) is 17.3 Å². The second-order valence-electron chi connectivity index (χ2n) is 6.43. The van der Waals surface area contributed by atoms with Crippen molar-refractivity contribution in [1.29, 1.82) is 0 Å². The van der Waals surface area contributed by atoms with E-state index in [1.165, 1.54) is 11.8 Å². The van der Waals surface area contributed by atoms with Gasteiger partial charge in [-0.1, -0.05) is 53.3 Å². The summed E-state index contributed by atoms with van der Waals surface area (Å²) in [5, 5.41) is 1.62. The van der Waals surface area contributed by atoms with E-state index in [1.54, 1.807) is 11.3 Å². The van der Waals surface area contributed by atoms with Gasteiger partial charge in [0.1, 0.15) is 6.04 Å². The van der Waals surface area contributed by atoms with Crippen molar-refractivity contribution in [1.82, 2.24) is 9.88 Å². The first-order valence-electron chi connectivity index (χ1n) is 8.84. The van der Waals surface area contributed by atoms with E-state index in [0.717, 1.165) is 42.4 Å². The van der Waals surface area contributed by atoms with E-state index < -0.39 is 6.04 Å². The van der Waals surface area contributed by atoms with Gasteiger partial charge in [0, 0.05) is 31.2 Å². The van der Waals surface area contributed by atoms with Crippen LogP contribution in [-0.2, 0) is 9.53 Å². The van der Waals surface area contributed by atoms with E-state index in [9.17, 15) is 4.79 Å². The number of benzene rings is 2. The van der Waals surface area contributed by atoms with Crippen molar-refractivity contribution >= 4 is 44.3 Å². The maximum absolute atomic E-state index is 12.5. The molecule has 3 aromatic rings. The normalized spacial score (nSPS) is 16.4. The lowest BCUT2D eigenvalue weighted by atomic mass is 10.0. The molecule has 4 rings (SSSR count). The number of anilines is 1. The molecule has 0 radical (unpaired) electrons.